The van der Waals surface area contributed by atoms with E-state index in [9.17, 15) is 4.39 Å². The van der Waals surface area contributed by atoms with Gasteiger partial charge in [-0.2, -0.15) is 0 Å². The summed E-state index contributed by atoms with van der Waals surface area (Å²) >= 11 is 6.93. The Morgan fingerprint density at radius 3 is 2.16 bits per heavy atom. The van der Waals surface area contributed by atoms with Gasteiger partial charge < -0.3 is 5.73 Å². The topological polar surface area (TPSA) is 26.0 Å². The second-order valence-electron chi connectivity index (χ2n) is 4.61. The molecule has 1 nitrogen and oxygen atoms in total. The van der Waals surface area contributed by atoms with E-state index >= 15 is 0 Å². The molecule has 0 saturated heterocycles. The second-order valence-corrected chi connectivity index (χ2v) is 6.38. The van der Waals surface area contributed by atoms with Crippen LogP contribution in [-0.2, 0) is 0 Å². The number of rotatable bonds is 2. The molecule has 0 bridgehead atoms. The van der Waals surface area contributed by atoms with Gasteiger partial charge in [0.15, 0.2) is 0 Å². The fraction of sp³-hybridized carbons (Fsp3) is 0.200. The van der Waals surface area contributed by atoms with Crippen molar-refractivity contribution in [3.8, 4) is 0 Å². The summed E-state index contributed by atoms with van der Waals surface area (Å²) in [6.07, 6.45) is 0. The van der Waals surface area contributed by atoms with Crippen LogP contribution in [0.1, 0.15) is 28.3 Å². The van der Waals surface area contributed by atoms with Crippen molar-refractivity contribution in [3.05, 3.63) is 67.3 Å². The van der Waals surface area contributed by atoms with Gasteiger partial charge in [0.05, 0.1) is 6.04 Å². The first kappa shape index (κ1) is 14.7. The molecular formula is C15H14Br2FN. The van der Waals surface area contributed by atoms with Crippen LogP contribution in [0.15, 0.2) is 39.3 Å². The lowest BCUT2D eigenvalue weighted by Gasteiger charge is -2.16. The highest BCUT2D eigenvalue weighted by molar-refractivity contribution is 9.11. The van der Waals surface area contributed by atoms with Crippen LogP contribution >= 0.6 is 31.9 Å². The SMILES string of the molecule is Cc1cc(C(N)c2ccc(Br)cc2Br)cc(C)c1F. The predicted molar refractivity (Wildman–Crippen MR) is 83.7 cm³/mol. The number of nitrogens with two attached hydrogens (primary N) is 1. The molecule has 100 valence electrons. The van der Waals surface area contributed by atoms with E-state index in [2.05, 4.69) is 31.9 Å². The summed E-state index contributed by atoms with van der Waals surface area (Å²) in [6.45, 7) is 3.52. The van der Waals surface area contributed by atoms with Crippen molar-refractivity contribution < 1.29 is 4.39 Å². The summed E-state index contributed by atoms with van der Waals surface area (Å²) in [5, 5.41) is 0. The highest BCUT2D eigenvalue weighted by atomic mass is 79.9. The molecule has 2 aromatic rings. The Bertz CT molecular complexity index is 603. The molecule has 0 aliphatic rings. The van der Waals surface area contributed by atoms with Gasteiger partial charge in [0.25, 0.3) is 0 Å². The molecule has 0 heterocycles. The molecule has 0 aliphatic heterocycles. The highest BCUT2D eigenvalue weighted by Crippen LogP contribution is 2.30. The summed E-state index contributed by atoms with van der Waals surface area (Å²) in [6, 6.07) is 9.21. The molecule has 2 rings (SSSR count). The third-order valence-electron chi connectivity index (χ3n) is 3.12. The van der Waals surface area contributed by atoms with Crippen molar-refractivity contribution in [2.75, 3.05) is 0 Å². The Labute approximate surface area is 129 Å². The van der Waals surface area contributed by atoms with Crippen molar-refractivity contribution in [2.24, 2.45) is 5.73 Å². The quantitative estimate of drug-likeness (QED) is 0.770. The van der Waals surface area contributed by atoms with Gasteiger partial charge >= 0.3 is 0 Å². The number of halogens is 3. The van der Waals surface area contributed by atoms with Gasteiger partial charge in [-0.3, -0.25) is 0 Å². The van der Waals surface area contributed by atoms with Crippen LogP contribution in [0, 0.1) is 19.7 Å². The third-order valence-corrected chi connectivity index (χ3v) is 4.30. The molecule has 1 atom stereocenters. The smallest absolute Gasteiger partial charge is 0.129 e. The standard InChI is InChI=1S/C15H14Br2FN/c1-8-5-10(6-9(2)14(8)18)15(19)12-4-3-11(16)7-13(12)17/h3-7,15H,19H2,1-2H3. The van der Waals surface area contributed by atoms with Crippen molar-refractivity contribution in [1.29, 1.82) is 0 Å². The van der Waals surface area contributed by atoms with Gasteiger partial charge in [-0.15, -0.1) is 0 Å². The molecule has 0 radical (unpaired) electrons. The van der Waals surface area contributed by atoms with Crippen molar-refractivity contribution in [2.45, 2.75) is 19.9 Å². The average Bonchev–Trinajstić information content (AvgIpc) is 2.34. The monoisotopic (exact) mass is 385 g/mol. The van der Waals surface area contributed by atoms with Crippen LogP contribution in [0.3, 0.4) is 0 Å². The van der Waals surface area contributed by atoms with Gasteiger partial charge in [-0.05, 0) is 48.2 Å². The number of aryl methyl sites for hydroxylation is 2. The zero-order valence-electron chi connectivity index (χ0n) is 10.7. The molecule has 0 fully saturated rings. The molecule has 2 N–H and O–H groups in total. The Morgan fingerprint density at radius 1 is 1.05 bits per heavy atom. The summed E-state index contributed by atoms with van der Waals surface area (Å²) in [5.41, 5.74) is 9.43. The van der Waals surface area contributed by atoms with Crippen molar-refractivity contribution in [3.63, 3.8) is 0 Å². The molecule has 1 unspecified atom stereocenters. The van der Waals surface area contributed by atoms with Crippen molar-refractivity contribution in [1.82, 2.24) is 0 Å². The van der Waals surface area contributed by atoms with Crippen LogP contribution < -0.4 is 5.73 Å². The summed E-state index contributed by atoms with van der Waals surface area (Å²) in [5.74, 6) is -0.161. The van der Waals surface area contributed by atoms with E-state index in [1.165, 1.54) is 0 Å². The van der Waals surface area contributed by atoms with Crippen LogP contribution in [0.2, 0.25) is 0 Å². The zero-order valence-corrected chi connectivity index (χ0v) is 13.8. The Balaban J connectivity index is 2.47. The van der Waals surface area contributed by atoms with Gasteiger partial charge in [0.1, 0.15) is 5.82 Å². The largest absolute Gasteiger partial charge is 0.320 e. The molecule has 0 aromatic heterocycles. The number of hydrogen-bond acceptors (Lipinski definition) is 1. The lowest BCUT2D eigenvalue weighted by atomic mass is 9.96. The molecule has 4 heteroatoms. The lowest BCUT2D eigenvalue weighted by molar-refractivity contribution is 0.607. The normalized spacial score (nSPS) is 12.5. The lowest BCUT2D eigenvalue weighted by Crippen LogP contribution is -2.13. The van der Waals surface area contributed by atoms with E-state index in [1.54, 1.807) is 13.8 Å². The van der Waals surface area contributed by atoms with E-state index in [4.69, 9.17) is 5.73 Å². The minimum Gasteiger partial charge on any atom is -0.320 e. The molecule has 19 heavy (non-hydrogen) atoms. The molecular weight excluding hydrogens is 373 g/mol. The highest BCUT2D eigenvalue weighted by Gasteiger charge is 2.15. The Morgan fingerprint density at radius 2 is 1.63 bits per heavy atom. The second kappa shape index (κ2) is 5.73. The van der Waals surface area contributed by atoms with Crippen molar-refractivity contribution >= 4 is 31.9 Å². The van der Waals surface area contributed by atoms with E-state index in [-0.39, 0.29) is 11.9 Å². The molecule has 0 spiro atoms. The summed E-state index contributed by atoms with van der Waals surface area (Å²) in [4.78, 5) is 0. The van der Waals surface area contributed by atoms with Gasteiger partial charge in [0, 0.05) is 8.95 Å². The minimum absolute atomic E-state index is 0.161. The number of hydrogen-bond donors (Lipinski definition) is 1. The van der Waals surface area contributed by atoms with Gasteiger partial charge in [0.2, 0.25) is 0 Å². The van der Waals surface area contributed by atoms with E-state index < -0.39 is 0 Å². The zero-order chi connectivity index (χ0) is 14.2. The molecule has 0 amide bonds. The van der Waals surface area contributed by atoms with Gasteiger partial charge in [-0.25, -0.2) is 4.39 Å². The predicted octanol–water partition coefficient (Wildman–Crippen LogP) is 5.02. The summed E-state index contributed by atoms with van der Waals surface area (Å²) < 4.78 is 15.6. The maximum atomic E-state index is 13.7. The van der Waals surface area contributed by atoms with Gasteiger partial charge in [-0.1, -0.05) is 50.1 Å². The average molecular weight is 387 g/mol. The minimum atomic E-state index is -0.277. The first-order valence-electron chi connectivity index (χ1n) is 5.87. The maximum absolute atomic E-state index is 13.7. The summed E-state index contributed by atoms with van der Waals surface area (Å²) in [7, 11) is 0. The third kappa shape index (κ3) is 3.07. The first-order valence-corrected chi connectivity index (χ1v) is 7.46. The van der Waals surface area contributed by atoms with Crippen LogP contribution in [0.25, 0.3) is 0 Å². The van der Waals surface area contributed by atoms with Crippen LogP contribution in [0.4, 0.5) is 4.39 Å². The fourth-order valence-electron chi connectivity index (χ4n) is 2.09. The Hall–Kier alpha value is -0.710. The maximum Gasteiger partial charge on any atom is 0.129 e. The molecule has 0 aliphatic carbocycles. The molecule has 2 aromatic carbocycles. The first-order chi connectivity index (χ1) is 8.90. The molecule has 0 saturated carbocycles. The number of benzene rings is 2. The fourth-order valence-corrected chi connectivity index (χ4v) is 3.39. The van der Waals surface area contributed by atoms with E-state index in [0.29, 0.717) is 11.1 Å². The van der Waals surface area contributed by atoms with Crippen LogP contribution in [-0.4, -0.2) is 0 Å². The van der Waals surface area contributed by atoms with E-state index in [1.807, 2.05) is 30.3 Å². The van der Waals surface area contributed by atoms with E-state index in [0.717, 1.165) is 20.1 Å². The van der Waals surface area contributed by atoms with Crippen LogP contribution in [0.5, 0.6) is 0 Å². The Kier molecular flexibility index (Phi) is 4.43.